The Kier molecular flexibility index (Phi) is 13.0. The predicted molar refractivity (Wildman–Crippen MR) is 127 cm³/mol. The Morgan fingerprint density at radius 3 is 0.836 bits per heavy atom. The predicted octanol–water partition coefficient (Wildman–Crippen LogP) is 10.1. The van der Waals surface area contributed by atoms with Gasteiger partial charge in [-0.15, -0.1) is 11.3 Å². The van der Waals surface area contributed by atoms with Gasteiger partial charge in [0.15, 0.2) is 23.7 Å². The summed E-state index contributed by atoms with van der Waals surface area (Å²) in [7, 11) is 0. The number of fused-ring (bicyclic) bond motifs is 1. The van der Waals surface area contributed by atoms with Crippen LogP contribution in [0.15, 0.2) is 10.8 Å². The standard InChI is InChI=1S/C24H8F30O6S/c25-11(26,13(29,30)15(33,34)17(37,38)19(41,42)21(45,46)23(49,50)51)9(55)57-1-5-6(60-8-4-61-3-7(8)59-5)2-58-10(56)12(27,28)14(31,32)16(35,36)18(39,40)20(43,44)22(47,48)24(52,53)54/h3-6H,1-2H2. The fourth-order valence-electron chi connectivity index (χ4n) is 3.89. The molecule has 0 spiro atoms. The quantitative estimate of drug-likeness (QED) is 0.121. The number of rotatable bonds is 16. The lowest BCUT2D eigenvalue weighted by molar-refractivity contribution is -0.450. The van der Waals surface area contributed by atoms with Gasteiger partial charge in [0.05, 0.1) is 0 Å². The molecule has 0 fully saturated rings. The maximum Gasteiger partial charge on any atom is 0.460 e. The van der Waals surface area contributed by atoms with Crippen LogP contribution in [0, 0.1) is 0 Å². The van der Waals surface area contributed by atoms with Crippen molar-refractivity contribution in [1.29, 1.82) is 0 Å². The van der Waals surface area contributed by atoms with E-state index in [4.69, 9.17) is 0 Å². The molecule has 0 amide bonds. The molecular formula is C24H8F30O6S. The van der Waals surface area contributed by atoms with Crippen LogP contribution in [0.1, 0.15) is 0 Å². The molecule has 0 bridgehead atoms. The fourth-order valence-corrected chi connectivity index (χ4v) is 4.55. The molecule has 2 rings (SSSR count). The molecule has 0 saturated carbocycles. The zero-order valence-corrected chi connectivity index (χ0v) is 27.7. The topological polar surface area (TPSA) is 71.1 Å². The molecule has 0 N–H and O–H groups in total. The van der Waals surface area contributed by atoms with E-state index in [1.807, 2.05) is 0 Å². The van der Waals surface area contributed by atoms with Gasteiger partial charge in [-0.05, 0) is 0 Å². The van der Waals surface area contributed by atoms with Gasteiger partial charge in [-0.3, -0.25) is 0 Å². The van der Waals surface area contributed by atoms with E-state index in [0.717, 1.165) is 0 Å². The first-order chi connectivity index (χ1) is 26.5. The van der Waals surface area contributed by atoms with Gasteiger partial charge in [-0.25, -0.2) is 9.59 Å². The molecule has 37 heteroatoms. The summed E-state index contributed by atoms with van der Waals surface area (Å²) in [6.45, 7) is -5.02. The molecule has 2 atom stereocenters. The number of esters is 2. The zero-order chi connectivity index (χ0) is 48.8. The van der Waals surface area contributed by atoms with Crippen molar-refractivity contribution in [2.75, 3.05) is 13.2 Å². The third kappa shape index (κ3) is 7.50. The van der Waals surface area contributed by atoms with Crippen LogP contribution < -0.4 is 9.47 Å². The minimum atomic E-state index is -8.90. The van der Waals surface area contributed by atoms with E-state index in [2.05, 4.69) is 18.9 Å². The Morgan fingerprint density at radius 1 is 0.393 bits per heavy atom. The van der Waals surface area contributed by atoms with Gasteiger partial charge in [0.25, 0.3) is 0 Å². The van der Waals surface area contributed by atoms with Crippen molar-refractivity contribution in [2.45, 2.75) is 95.6 Å². The minimum absolute atomic E-state index is 0.361. The maximum atomic E-state index is 14.2. The third-order valence-electron chi connectivity index (χ3n) is 7.49. The molecule has 1 aromatic heterocycles. The summed E-state index contributed by atoms with van der Waals surface area (Å²) in [5.74, 6) is -113. The van der Waals surface area contributed by atoms with Crippen LogP contribution in [-0.4, -0.2) is 121 Å². The van der Waals surface area contributed by atoms with Crippen LogP contribution in [0.4, 0.5) is 132 Å². The molecule has 6 nitrogen and oxygen atoms in total. The van der Waals surface area contributed by atoms with Gasteiger partial charge in [0.2, 0.25) is 0 Å². The van der Waals surface area contributed by atoms with Crippen LogP contribution in [0.25, 0.3) is 0 Å². The van der Waals surface area contributed by atoms with Crippen molar-refractivity contribution in [2.24, 2.45) is 0 Å². The summed E-state index contributed by atoms with van der Waals surface area (Å²) in [6, 6.07) is 0. The highest BCUT2D eigenvalue weighted by atomic mass is 32.1. The third-order valence-corrected chi connectivity index (χ3v) is 8.19. The van der Waals surface area contributed by atoms with E-state index >= 15 is 0 Å². The first-order valence-electron chi connectivity index (χ1n) is 13.9. The Hall–Kier alpha value is -3.86. The molecule has 1 aromatic rings. The monoisotopic (exact) mass is 994 g/mol. The number of carbonyl (C=O) groups excluding carboxylic acids is 2. The van der Waals surface area contributed by atoms with Crippen molar-refractivity contribution in [3.05, 3.63) is 10.8 Å². The number of ether oxygens (including phenoxy) is 4. The number of hydrogen-bond donors (Lipinski definition) is 0. The molecule has 356 valence electrons. The lowest BCUT2D eigenvalue weighted by atomic mass is 9.91. The van der Waals surface area contributed by atoms with E-state index < -0.39 is 132 Å². The van der Waals surface area contributed by atoms with E-state index in [1.165, 1.54) is 0 Å². The van der Waals surface area contributed by atoms with Crippen LogP contribution in [0.5, 0.6) is 11.5 Å². The summed E-state index contributed by atoms with van der Waals surface area (Å²) in [6.07, 6.45) is -21.9. The van der Waals surface area contributed by atoms with Crippen LogP contribution >= 0.6 is 11.3 Å². The molecule has 1 aliphatic heterocycles. The second-order valence-corrected chi connectivity index (χ2v) is 12.2. The molecule has 2 unspecified atom stereocenters. The Bertz CT molecular complexity index is 1650. The normalized spacial score (nSPS) is 18.9. The van der Waals surface area contributed by atoms with Crippen LogP contribution in [0.3, 0.4) is 0 Å². The summed E-state index contributed by atoms with van der Waals surface area (Å²) in [5.41, 5.74) is 0. The van der Waals surface area contributed by atoms with E-state index in [-0.39, 0.29) is 0 Å². The highest BCUT2D eigenvalue weighted by Gasteiger charge is 2.96. The van der Waals surface area contributed by atoms with Gasteiger partial charge in [0.1, 0.15) is 13.2 Å². The van der Waals surface area contributed by atoms with Crippen LogP contribution in [-0.2, 0) is 19.1 Å². The summed E-state index contributed by atoms with van der Waals surface area (Å²) >= 11 is 0.361. The van der Waals surface area contributed by atoms with Gasteiger partial charge < -0.3 is 18.9 Å². The van der Waals surface area contributed by atoms with Crippen molar-refractivity contribution in [3.63, 3.8) is 0 Å². The van der Waals surface area contributed by atoms with Crippen molar-refractivity contribution >= 4 is 23.3 Å². The summed E-state index contributed by atoms with van der Waals surface area (Å²) in [5, 5.41) is 1.34. The largest absolute Gasteiger partial charge is 0.478 e. The molecule has 61 heavy (non-hydrogen) atoms. The molecule has 1 aliphatic rings. The molecule has 0 aliphatic carbocycles. The zero-order valence-electron chi connectivity index (χ0n) is 26.9. The molecule has 0 radical (unpaired) electrons. The Labute approximate surface area is 315 Å². The molecule has 0 aromatic carbocycles. The number of hydrogen-bond acceptors (Lipinski definition) is 7. The van der Waals surface area contributed by atoms with Gasteiger partial charge >= 0.3 is 95.4 Å². The summed E-state index contributed by atoms with van der Waals surface area (Å²) < 4.78 is 418. The Balaban J connectivity index is 2.43. The molecule has 0 saturated heterocycles. The smallest absolute Gasteiger partial charge is 0.460 e. The number of halogens is 30. The van der Waals surface area contributed by atoms with Gasteiger partial charge in [-0.1, -0.05) is 0 Å². The van der Waals surface area contributed by atoms with E-state index in [1.54, 1.807) is 0 Å². The lowest BCUT2D eigenvalue weighted by Crippen LogP contribution is -2.73. The van der Waals surface area contributed by atoms with Gasteiger partial charge in [0, 0.05) is 10.8 Å². The highest BCUT2D eigenvalue weighted by Crippen LogP contribution is 2.64. The SMILES string of the molecule is O=C(OCC1Oc2cscc2OC1COC(=O)C(F)(F)C(F)(F)C(F)(F)C(F)(F)C(F)(F)C(F)(F)C(F)(F)F)C(F)(F)C(F)(F)C(F)(F)C(F)(F)C(F)(F)C(F)(F)C(F)(F)F. The number of alkyl halides is 30. The van der Waals surface area contributed by atoms with Crippen molar-refractivity contribution in [1.82, 2.24) is 0 Å². The number of thiophene rings is 1. The maximum absolute atomic E-state index is 14.2. The van der Waals surface area contributed by atoms with Crippen molar-refractivity contribution < 1.29 is 160 Å². The van der Waals surface area contributed by atoms with E-state index in [9.17, 15) is 141 Å². The van der Waals surface area contributed by atoms with Crippen molar-refractivity contribution in [3.8, 4) is 11.5 Å². The molecular weight excluding hydrogens is 986 g/mol. The average molecular weight is 994 g/mol. The fraction of sp³-hybridized carbons (Fsp3) is 0.750. The first kappa shape index (κ1) is 53.3. The lowest BCUT2D eigenvalue weighted by Gasteiger charge is -2.41. The van der Waals surface area contributed by atoms with Gasteiger partial charge in [-0.2, -0.15) is 132 Å². The minimum Gasteiger partial charge on any atom is -0.478 e. The second-order valence-electron chi connectivity index (χ2n) is 11.5. The van der Waals surface area contributed by atoms with Crippen LogP contribution in [0.2, 0.25) is 0 Å². The number of carbonyl (C=O) groups is 2. The summed E-state index contributed by atoms with van der Waals surface area (Å²) in [4.78, 5) is 23.4. The Morgan fingerprint density at radius 2 is 0.607 bits per heavy atom. The highest BCUT2D eigenvalue weighted by molar-refractivity contribution is 7.08. The second kappa shape index (κ2) is 14.9. The first-order valence-corrected chi connectivity index (χ1v) is 14.8. The average Bonchev–Trinajstić information content (AvgIpc) is 3.54. The molecule has 2 heterocycles. The van der Waals surface area contributed by atoms with E-state index in [0.29, 0.717) is 22.1 Å².